The van der Waals surface area contributed by atoms with Gasteiger partial charge in [-0.25, -0.2) is 4.39 Å². The minimum atomic E-state index is -0.508. The summed E-state index contributed by atoms with van der Waals surface area (Å²) in [5.41, 5.74) is 0.335. The number of rotatable bonds is 3. The van der Waals surface area contributed by atoms with E-state index >= 15 is 0 Å². The van der Waals surface area contributed by atoms with Gasteiger partial charge in [-0.3, -0.25) is 4.79 Å². The molecule has 0 saturated carbocycles. The maximum atomic E-state index is 13.7. The molecule has 2 heterocycles. The molecule has 2 aliphatic heterocycles. The van der Waals surface area contributed by atoms with E-state index in [1.165, 1.54) is 12.1 Å². The molecule has 2 fully saturated rings. The first-order valence-corrected chi connectivity index (χ1v) is 8.48. The lowest BCUT2D eigenvalue weighted by Gasteiger charge is -2.40. The summed E-state index contributed by atoms with van der Waals surface area (Å²) in [5, 5.41) is 6.62. The Hall–Kier alpha value is -1.17. The summed E-state index contributed by atoms with van der Waals surface area (Å²) in [5.74, 6) is -0.151. The van der Waals surface area contributed by atoms with Gasteiger partial charge in [-0.2, -0.15) is 0 Å². The third-order valence-corrected chi connectivity index (χ3v) is 5.08. The lowest BCUT2D eigenvalue weighted by molar-refractivity contribution is -0.129. The van der Waals surface area contributed by atoms with Crippen molar-refractivity contribution < 1.29 is 13.9 Å². The molecule has 0 aliphatic carbocycles. The largest absolute Gasteiger partial charge is 0.381 e. The molecule has 3 rings (SSSR count). The molecule has 1 amide bonds. The molecule has 4 nitrogen and oxygen atoms in total. The Kier molecular flexibility index (Phi) is 6.61. The normalized spacial score (nSPS) is 26.2. The zero-order valence-corrected chi connectivity index (χ0v) is 14.8. The lowest BCUT2D eigenvalue weighted by atomic mass is 9.81. The van der Waals surface area contributed by atoms with Crippen molar-refractivity contribution in [2.75, 3.05) is 19.8 Å². The number of carbonyl (C=O) groups is 1. The first-order chi connectivity index (χ1) is 11.1. The van der Waals surface area contributed by atoms with E-state index in [4.69, 9.17) is 4.74 Å². The van der Waals surface area contributed by atoms with Gasteiger partial charge in [0.05, 0.1) is 5.54 Å². The summed E-state index contributed by atoms with van der Waals surface area (Å²) in [6.07, 6.45) is 3.07. The van der Waals surface area contributed by atoms with Gasteiger partial charge in [0.25, 0.3) is 0 Å². The van der Waals surface area contributed by atoms with E-state index in [1.807, 2.05) is 6.07 Å². The predicted octanol–water partition coefficient (Wildman–Crippen LogP) is 2.76. The maximum absolute atomic E-state index is 13.7. The van der Waals surface area contributed by atoms with E-state index in [0.717, 1.165) is 24.9 Å². The van der Waals surface area contributed by atoms with Gasteiger partial charge in [0.1, 0.15) is 5.82 Å². The average molecular weight is 357 g/mol. The standard InChI is InChI=1S/C18H25FN2O2.ClH/c1-13-11-14(5-8-20-13)17(22)21-18(6-9-23-10-7-18)15-3-2-4-16(19)12-15;/h2-4,12-14,20H,5-11H2,1H3,(H,21,22);1H/t13-,14-;/m0./s1. The van der Waals surface area contributed by atoms with Crippen molar-refractivity contribution in [3.8, 4) is 0 Å². The predicted molar refractivity (Wildman–Crippen MR) is 93.7 cm³/mol. The molecule has 0 aromatic heterocycles. The molecule has 2 N–H and O–H groups in total. The Morgan fingerprint density at radius 3 is 2.79 bits per heavy atom. The van der Waals surface area contributed by atoms with Crippen molar-refractivity contribution in [3.63, 3.8) is 0 Å². The molecule has 2 aliphatic rings. The number of nitrogens with one attached hydrogen (secondary N) is 2. The van der Waals surface area contributed by atoms with Crippen LogP contribution in [0.15, 0.2) is 24.3 Å². The summed E-state index contributed by atoms with van der Waals surface area (Å²) in [6.45, 7) is 4.14. The van der Waals surface area contributed by atoms with Gasteiger partial charge in [-0.05, 0) is 56.8 Å². The molecule has 1 aromatic carbocycles. The SMILES string of the molecule is C[C@H]1C[C@@H](C(=O)NC2(c3cccc(F)c3)CCOCC2)CCN1.Cl. The second-order valence-electron chi connectivity index (χ2n) is 6.77. The monoisotopic (exact) mass is 356 g/mol. The third kappa shape index (κ3) is 4.26. The van der Waals surface area contributed by atoms with Crippen LogP contribution in [0.2, 0.25) is 0 Å². The molecule has 1 aromatic rings. The Morgan fingerprint density at radius 1 is 1.38 bits per heavy atom. The highest BCUT2D eigenvalue weighted by molar-refractivity contribution is 5.85. The van der Waals surface area contributed by atoms with Gasteiger partial charge >= 0.3 is 0 Å². The number of ether oxygens (including phenoxy) is 1. The fraction of sp³-hybridized carbons (Fsp3) is 0.611. The van der Waals surface area contributed by atoms with Crippen molar-refractivity contribution in [1.29, 1.82) is 0 Å². The first-order valence-electron chi connectivity index (χ1n) is 8.48. The summed E-state index contributed by atoms with van der Waals surface area (Å²) in [4.78, 5) is 12.8. The van der Waals surface area contributed by atoms with Crippen LogP contribution in [-0.2, 0) is 15.1 Å². The van der Waals surface area contributed by atoms with E-state index in [2.05, 4.69) is 17.6 Å². The van der Waals surface area contributed by atoms with E-state index in [-0.39, 0.29) is 30.0 Å². The van der Waals surface area contributed by atoms with Gasteiger partial charge in [0.2, 0.25) is 5.91 Å². The molecule has 24 heavy (non-hydrogen) atoms. The van der Waals surface area contributed by atoms with E-state index in [0.29, 0.717) is 32.1 Å². The number of halogens is 2. The fourth-order valence-electron chi connectivity index (χ4n) is 3.70. The van der Waals surface area contributed by atoms with Crippen LogP contribution >= 0.6 is 12.4 Å². The molecule has 0 radical (unpaired) electrons. The number of amides is 1. The molecule has 6 heteroatoms. The summed E-state index contributed by atoms with van der Waals surface area (Å²) < 4.78 is 19.1. The van der Waals surface area contributed by atoms with Crippen LogP contribution in [0.4, 0.5) is 4.39 Å². The molecule has 2 atom stereocenters. The van der Waals surface area contributed by atoms with Crippen molar-refractivity contribution in [3.05, 3.63) is 35.6 Å². The van der Waals surface area contributed by atoms with E-state index in [1.54, 1.807) is 6.07 Å². The molecular formula is C18H26ClFN2O2. The Bertz CT molecular complexity index is 564. The molecular weight excluding hydrogens is 331 g/mol. The average Bonchev–Trinajstić information content (AvgIpc) is 2.56. The van der Waals surface area contributed by atoms with Crippen molar-refractivity contribution in [2.24, 2.45) is 5.92 Å². The second-order valence-corrected chi connectivity index (χ2v) is 6.77. The first kappa shape index (κ1) is 19.2. The van der Waals surface area contributed by atoms with E-state index < -0.39 is 5.54 Å². The number of piperidine rings is 1. The van der Waals surface area contributed by atoms with Gasteiger partial charge in [-0.15, -0.1) is 12.4 Å². The smallest absolute Gasteiger partial charge is 0.223 e. The minimum absolute atomic E-state index is 0. The Labute approximate surface area is 148 Å². The Morgan fingerprint density at radius 2 is 2.12 bits per heavy atom. The zero-order valence-electron chi connectivity index (χ0n) is 14.0. The maximum Gasteiger partial charge on any atom is 0.223 e. The summed E-state index contributed by atoms with van der Waals surface area (Å²) in [6, 6.07) is 6.95. The van der Waals surface area contributed by atoms with Crippen molar-refractivity contribution >= 4 is 18.3 Å². The molecule has 134 valence electrons. The fourth-order valence-corrected chi connectivity index (χ4v) is 3.70. The topological polar surface area (TPSA) is 50.4 Å². The van der Waals surface area contributed by atoms with Crippen LogP contribution in [0.25, 0.3) is 0 Å². The number of benzene rings is 1. The Balaban J connectivity index is 0.00000208. The summed E-state index contributed by atoms with van der Waals surface area (Å²) in [7, 11) is 0. The second kappa shape index (κ2) is 8.28. The van der Waals surface area contributed by atoms with Gasteiger partial charge in [-0.1, -0.05) is 12.1 Å². The summed E-state index contributed by atoms with van der Waals surface area (Å²) >= 11 is 0. The van der Waals surface area contributed by atoms with Gasteiger partial charge in [0, 0.05) is 25.2 Å². The van der Waals surface area contributed by atoms with Crippen LogP contribution in [0, 0.1) is 11.7 Å². The molecule has 0 bridgehead atoms. The van der Waals surface area contributed by atoms with Crippen LogP contribution in [-0.4, -0.2) is 31.7 Å². The van der Waals surface area contributed by atoms with Crippen LogP contribution in [0.3, 0.4) is 0 Å². The van der Waals surface area contributed by atoms with Gasteiger partial charge < -0.3 is 15.4 Å². The highest BCUT2D eigenvalue weighted by Crippen LogP contribution is 2.33. The van der Waals surface area contributed by atoms with Gasteiger partial charge in [0.15, 0.2) is 0 Å². The van der Waals surface area contributed by atoms with Crippen LogP contribution < -0.4 is 10.6 Å². The highest BCUT2D eigenvalue weighted by atomic mass is 35.5. The molecule has 0 spiro atoms. The zero-order chi connectivity index (χ0) is 16.3. The molecule has 2 saturated heterocycles. The number of carbonyl (C=O) groups excluding carboxylic acids is 1. The number of hydrogen-bond donors (Lipinski definition) is 2. The van der Waals surface area contributed by atoms with Crippen molar-refractivity contribution in [2.45, 2.75) is 44.2 Å². The lowest BCUT2D eigenvalue weighted by Crippen LogP contribution is -2.53. The van der Waals surface area contributed by atoms with Crippen molar-refractivity contribution in [1.82, 2.24) is 10.6 Å². The van der Waals surface area contributed by atoms with E-state index in [9.17, 15) is 9.18 Å². The highest BCUT2D eigenvalue weighted by Gasteiger charge is 2.38. The minimum Gasteiger partial charge on any atom is -0.381 e. The van der Waals surface area contributed by atoms with Crippen LogP contribution in [0.1, 0.15) is 38.2 Å². The van der Waals surface area contributed by atoms with Crippen LogP contribution in [0.5, 0.6) is 0 Å². The quantitative estimate of drug-likeness (QED) is 0.875. The number of hydrogen-bond acceptors (Lipinski definition) is 3. The molecule has 0 unspecified atom stereocenters. The third-order valence-electron chi connectivity index (χ3n) is 5.08.